The van der Waals surface area contributed by atoms with Crippen LogP contribution < -0.4 is 0 Å². The summed E-state index contributed by atoms with van der Waals surface area (Å²) in [5.41, 5.74) is 2.90. The molecular formula is C15H22. The highest BCUT2D eigenvalue weighted by atomic mass is 14.1. The molecule has 0 spiro atoms. The van der Waals surface area contributed by atoms with E-state index in [0.717, 1.165) is 6.42 Å². The Kier molecular flexibility index (Phi) is 4.61. The Hall–Kier alpha value is -1.04. The lowest BCUT2D eigenvalue weighted by Crippen LogP contribution is -1.94. The van der Waals surface area contributed by atoms with Crippen LogP contribution in [0.1, 0.15) is 57.1 Å². The Bertz CT molecular complexity index is 321. The first-order valence-electron chi connectivity index (χ1n) is 5.86. The second-order valence-electron chi connectivity index (χ2n) is 4.53. The predicted molar refractivity (Wildman–Crippen MR) is 68.4 cm³/mol. The maximum Gasteiger partial charge on any atom is -0.0156 e. The minimum Gasteiger partial charge on any atom is -0.0916 e. The zero-order valence-electron chi connectivity index (χ0n) is 10.3. The molecule has 0 saturated carbocycles. The molecule has 0 aliphatic carbocycles. The Morgan fingerprint density at radius 1 is 1.13 bits per heavy atom. The summed E-state index contributed by atoms with van der Waals surface area (Å²) >= 11 is 0. The fourth-order valence-corrected chi connectivity index (χ4v) is 1.70. The number of hydrogen-bond acceptors (Lipinski definition) is 0. The van der Waals surface area contributed by atoms with Crippen LogP contribution in [-0.4, -0.2) is 0 Å². The smallest absolute Gasteiger partial charge is 0.0156 e. The van der Waals surface area contributed by atoms with Crippen molar-refractivity contribution < 1.29 is 0 Å². The molecule has 1 unspecified atom stereocenters. The quantitative estimate of drug-likeness (QED) is 0.610. The van der Waals surface area contributed by atoms with Gasteiger partial charge in [-0.2, -0.15) is 0 Å². The van der Waals surface area contributed by atoms with Crippen molar-refractivity contribution in [3.8, 4) is 0 Å². The first kappa shape index (κ1) is 12.0. The third-order valence-electron chi connectivity index (χ3n) is 2.87. The molecule has 1 atom stereocenters. The number of benzene rings is 1. The molecule has 1 rings (SSSR count). The number of rotatable bonds is 4. The van der Waals surface area contributed by atoms with E-state index in [2.05, 4.69) is 64.1 Å². The fourth-order valence-electron chi connectivity index (χ4n) is 1.70. The normalized spacial score (nSPS) is 13.7. The van der Waals surface area contributed by atoms with Gasteiger partial charge in [-0.05, 0) is 36.3 Å². The lowest BCUT2D eigenvalue weighted by molar-refractivity contribution is 0.772. The van der Waals surface area contributed by atoms with Crippen LogP contribution >= 0.6 is 0 Å². The average molecular weight is 202 g/mol. The molecule has 0 nitrogen and oxygen atoms in total. The summed E-state index contributed by atoms with van der Waals surface area (Å²) in [6, 6.07) is 8.98. The Morgan fingerprint density at radius 3 is 2.40 bits per heavy atom. The monoisotopic (exact) mass is 202 g/mol. The summed E-state index contributed by atoms with van der Waals surface area (Å²) in [7, 11) is 0. The fraction of sp³-hybridized carbons (Fsp3) is 0.467. The summed E-state index contributed by atoms with van der Waals surface area (Å²) in [5.74, 6) is 1.25. The Morgan fingerprint density at radius 2 is 1.80 bits per heavy atom. The van der Waals surface area contributed by atoms with Crippen LogP contribution in [0.5, 0.6) is 0 Å². The van der Waals surface area contributed by atoms with Gasteiger partial charge in [0.1, 0.15) is 0 Å². The van der Waals surface area contributed by atoms with Gasteiger partial charge in [0.05, 0.1) is 0 Å². The topological polar surface area (TPSA) is 0 Å². The summed E-state index contributed by atoms with van der Waals surface area (Å²) < 4.78 is 0. The molecule has 0 amide bonds. The van der Waals surface area contributed by atoms with Crippen LogP contribution in [0.15, 0.2) is 36.4 Å². The van der Waals surface area contributed by atoms with Gasteiger partial charge in [0.2, 0.25) is 0 Å². The first-order chi connectivity index (χ1) is 7.15. The van der Waals surface area contributed by atoms with E-state index < -0.39 is 0 Å². The third kappa shape index (κ3) is 3.54. The minimum atomic E-state index is 0.624. The highest BCUT2D eigenvalue weighted by Gasteiger charge is 2.05. The van der Waals surface area contributed by atoms with E-state index >= 15 is 0 Å². The van der Waals surface area contributed by atoms with E-state index in [1.165, 1.54) is 11.1 Å². The van der Waals surface area contributed by atoms with Gasteiger partial charge < -0.3 is 0 Å². The minimum absolute atomic E-state index is 0.624. The zero-order chi connectivity index (χ0) is 11.3. The molecule has 0 bridgehead atoms. The SMILES string of the molecule is CC=CCC(C)c1cccc(C(C)C)c1. The van der Waals surface area contributed by atoms with E-state index in [9.17, 15) is 0 Å². The van der Waals surface area contributed by atoms with Crippen molar-refractivity contribution in [2.75, 3.05) is 0 Å². The molecule has 0 N–H and O–H groups in total. The second kappa shape index (κ2) is 5.75. The highest BCUT2D eigenvalue weighted by Crippen LogP contribution is 2.23. The van der Waals surface area contributed by atoms with Crippen LogP contribution in [0.25, 0.3) is 0 Å². The van der Waals surface area contributed by atoms with Crippen LogP contribution in [0.3, 0.4) is 0 Å². The molecule has 1 aromatic carbocycles. The standard InChI is InChI=1S/C15H22/c1-5-6-8-13(4)15-10-7-9-14(11-15)12(2)3/h5-7,9-13H,8H2,1-4H3. The summed E-state index contributed by atoms with van der Waals surface area (Å²) in [5, 5.41) is 0. The van der Waals surface area contributed by atoms with Crippen molar-refractivity contribution in [3.63, 3.8) is 0 Å². The number of hydrogen-bond donors (Lipinski definition) is 0. The zero-order valence-corrected chi connectivity index (χ0v) is 10.3. The Balaban J connectivity index is 2.80. The van der Waals surface area contributed by atoms with Crippen molar-refractivity contribution in [1.82, 2.24) is 0 Å². The largest absolute Gasteiger partial charge is 0.0916 e. The molecular weight excluding hydrogens is 180 g/mol. The van der Waals surface area contributed by atoms with Crippen molar-refractivity contribution >= 4 is 0 Å². The maximum absolute atomic E-state index is 2.35. The van der Waals surface area contributed by atoms with Gasteiger partial charge >= 0.3 is 0 Å². The molecule has 0 heteroatoms. The van der Waals surface area contributed by atoms with Gasteiger partial charge in [-0.1, -0.05) is 57.2 Å². The van der Waals surface area contributed by atoms with E-state index in [0.29, 0.717) is 11.8 Å². The van der Waals surface area contributed by atoms with Crippen molar-refractivity contribution in [2.45, 2.75) is 46.0 Å². The van der Waals surface area contributed by atoms with Gasteiger partial charge in [-0.25, -0.2) is 0 Å². The summed E-state index contributed by atoms with van der Waals surface area (Å²) in [6.45, 7) is 8.86. The summed E-state index contributed by atoms with van der Waals surface area (Å²) in [6.07, 6.45) is 5.51. The van der Waals surface area contributed by atoms with Crippen LogP contribution in [0, 0.1) is 0 Å². The van der Waals surface area contributed by atoms with Crippen molar-refractivity contribution in [1.29, 1.82) is 0 Å². The lowest BCUT2D eigenvalue weighted by Gasteiger charge is -2.12. The van der Waals surface area contributed by atoms with E-state index in [1.807, 2.05) is 0 Å². The first-order valence-corrected chi connectivity index (χ1v) is 5.86. The van der Waals surface area contributed by atoms with E-state index in [1.54, 1.807) is 0 Å². The Labute approximate surface area is 94.0 Å². The van der Waals surface area contributed by atoms with Gasteiger partial charge in [0.15, 0.2) is 0 Å². The van der Waals surface area contributed by atoms with Gasteiger partial charge in [0.25, 0.3) is 0 Å². The number of allylic oxidation sites excluding steroid dienone is 2. The molecule has 82 valence electrons. The highest BCUT2D eigenvalue weighted by molar-refractivity contribution is 5.28. The molecule has 0 fully saturated rings. The molecule has 15 heavy (non-hydrogen) atoms. The second-order valence-corrected chi connectivity index (χ2v) is 4.53. The molecule has 0 saturated heterocycles. The average Bonchev–Trinajstić information content (AvgIpc) is 2.26. The van der Waals surface area contributed by atoms with Crippen molar-refractivity contribution in [3.05, 3.63) is 47.5 Å². The summed E-state index contributed by atoms with van der Waals surface area (Å²) in [4.78, 5) is 0. The van der Waals surface area contributed by atoms with Crippen LogP contribution in [-0.2, 0) is 0 Å². The van der Waals surface area contributed by atoms with Gasteiger partial charge in [0, 0.05) is 0 Å². The van der Waals surface area contributed by atoms with Crippen LogP contribution in [0.2, 0.25) is 0 Å². The lowest BCUT2D eigenvalue weighted by atomic mass is 9.93. The van der Waals surface area contributed by atoms with E-state index in [-0.39, 0.29) is 0 Å². The predicted octanol–water partition coefficient (Wildman–Crippen LogP) is 4.88. The molecule has 0 radical (unpaired) electrons. The molecule has 0 aromatic heterocycles. The molecule has 1 aromatic rings. The van der Waals surface area contributed by atoms with Crippen molar-refractivity contribution in [2.24, 2.45) is 0 Å². The molecule has 0 aliphatic heterocycles. The van der Waals surface area contributed by atoms with Gasteiger partial charge in [-0.15, -0.1) is 0 Å². The molecule has 0 aliphatic rings. The van der Waals surface area contributed by atoms with E-state index in [4.69, 9.17) is 0 Å². The molecule has 0 heterocycles. The van der Waals surface area contributed by atoms with Gasteiger partial charge in [-0.3, -0.25) is 0 Å². The maximum atomic E-state index is 2.35. The third-order valence-corrected chi connectivity index (χ3v) is 2.87. The van der Waals surface area contributed by atoms with Crippen LogP contribution in [0.4, 0.5) is 0 Å².